The molecule has 2 aliphatic heterocycles. The van der Waals surface area contributed by atoms with Gasteiger partial charge in [0, 0.05) is 57.2 Å². The zero-order chi connectivity index (χ0) is 17.5. The van der Waals surface area contributed by atoms with E-state index >= 15 is 0 Å². The minimum Gasteiger partial charge on any atom is -0.368 e. The van der Waals surface area contributed by atoms with Crippen molar-refractivity contribution >= 4 is 23.2 Å². The van der Waals surface area contributed by atoms with Gasteiger partial charge in [-0.05, 0) is 31.2 Å². The highest BCUT2D eigenvalue weighted by molar-refractivity contribution is 7.09. The average molecular weight is 365 g/mol. The van der Waals surface area contributed by atoms with Crippen LogP contribution in [0.2, 0.25) is 0 Å². The van der Waals surface area contributed by atoms with Gasteiger partial charge in [-0.3, -0.25) is 9.79 Å². The van der Waals surface area contributed by atoms with Gasteiger partial charge in [0.05, 0.1) is 0 Å². The van der Waals surface area contributed by atoms with E-state index in [4.69, 9.17) is 9.73 Å². The van der Waals surface area contributed by atoms with Gasteiger partial charge >= 0.3 is 0 Å². The summed E-state index contributed by atoms with van der Waals surface area (Å²) >= 11 is 1.78. The number of hydrogen-bond acceptors (Lipinski definition) is 4. The van der Waals surface area contributed by atoms with Gasteiger partial charge in [-0.2, -0.15) is 0 Å². The molecule has 1 unspecified atom stereocenters. The summed E-state index contributed by atoms with van der Waals surface area (Å²) in [6.45, 7) is 7.59. The van der Waals surface area contributed by atoms with Gasteiger partial charge in [0.15, 0.2) is 5.96 Å². The molecule has 2 saturated heterocycles. The smallest absolute Gasteiger partial charge is 0.251 e. The van der Waals surface area contributed by atoms with E-state index in [9.17, 15) is 4.79 Å². The summed E-state index contributed by atoms with van der Waals surface area (Å²) in [7, 11) is 0. The zero-order valence-corrected chi connectivity index (χ0v) is 15.8. The quantitative estimate of drug-likeness (QED) is 0.637. The molecular weight excluding hydrogens is 336 g/mol. The Kier molecular flexibility index (Phi) is 6.69. The van der Waals surface area contributed by atoms with E-state index < -0.39 is 0 Å². The molecule has 0 aliphatic carbocycles. The largest absolute Gasteiger partial charge is 0.368 e. The zero-order valence-electron chi connectivity index (χ0n) is 14.9. The van der Waals surface area contributed by atoms with Crippen molar-refractivity contribution in [2.24, 2.45) is 4.99 Å². The van der Waals surface area contributed by atoms with Crippen molar-refractivity contribution in [3.8, 4) is 0 Å². The van der Waals surface area contributed by atoms with Crippen LogP contribution in [-0.4, -0.2) is 73.6 Å². The highest BCUT2D eigenvalue weighted by Gasteiger charge is 2.30. The van der Waals surface area contributed by atoms with Crippen molar-refractivity contribution in [3.63, 3.8) is 0 Å². The second kappa shape index (κ2) is 9.20. The summed E-state index contributed by atoms with van der Waals surface area (Å²) in [5.74, 6) is 1.13. The van der Waals surface area contributed by atoms with Gasteiger partial charge in [-0.15, -0.1) is 11.3 Å². The molecule has 3 heterocycles. The number of hydrogen-bond donors (Lipinski definition) is 1. The van der Waals surface area contributed by atoms with Crippen LogP contribution in [0, 0.1) is 0 Å². The summed E-state index contributed by atoms with van der Waals surface area (Å²) in [5, 5.41) is 5.49. The first kappa shape index (κ1) is 18.2. The molecule has 0 radical (unpaired) electrons. The first-order valence-electron chi connectivity index (χ1n) is 9.24. The van der Waals surface area contributed by atoms with Crippen LogP contribution in [0.4, 0.5) is 0 Å². The van der Waals surface area contributed by atoms with Crippen LogP contribution in [0.5, 0.6) is 0 Å². The third-order valence-corrected chi connectivity index (χ3v) is 5.57. The molecule has 1 aromatic rings. The topological polar surface area (TPSA) is 57.2 Å². The molecule has 138 valence electrons. The predicted molar refractivity (Wildman–Crippen MR) is 101 cm³/mol. The second-order valence-electron chi connectivity index (χ2n) is 6.38. The molecule has 1 amide bonds. The van der Waals surface area contributed by atoms with Crippen LogP contribution in [0.15, 0.2) is 22.5 Å². The molecule has 0 aromatic carbocycles. The molecule has 1 N–H and O–H groups in total. The number of nitrogens with one attached hydrogen (secondary N) is 1. The molecule has 3 rings (SSSR count). The number of amides is 1. The van der Waals surface area contributed by atoms with Gasteiger partial charge in [0.25, 0.3) is 5.91 Å². The molecule has 0 spiro atoms. The predicted octanol–water partition coefficient (Wildman–Crippen LogP) is 1.58. The number of guanidine groups is 1. The third-order valence-electron chi connectivity index (χ3n) is 4.63. The maximum absolute atomic E-state index is 12.4. The van der Waals surface area contributed by atoms with Gasteiger partial charge in [0.1, 0.15) is 6.10 Å². The number of rotatable bonds is 5. The second-order valence-corrected chi connectivity index (χ2v) is 7.41. The third kappa shape index (κ3) is 4.95. The summed E-state index contributed by atoms with van der Waals surface area (Å²) < 4.78 is 5.53. The molecule has 2 aliphatic rings. The van der Waals surface area contributed by atoms with Crippen LogP contribution < -0.4 is 5.32 Å². The molecule has 1 atom stereocenters. The van der Waals surface area contributed by atoms with Gasteiger partial charge in [-0.1, -0.05) is 6.07 Å². The summed E-state index contributed by atoms with van der Waals surface area (Å²) in [6.07, 6.45) is 2.63. The number of nitrogens with zero attached hydrogens (tertiary/aromatic N) is 3. The Morgan fingerprint density at radius 1 is 1.36 bits per heavy atom. The minimum absolute atomic E-state index is 0.164. The van der Waals surface area contributed by atoms with Crippen molar-refractivity contribution in [3.05, 3.63) is 22.4 Å². The van der Waals surface area contributed by atoms with Crippen LogP contribution >= 0.6 is 11.3 Å². The first-order valence-corrected chi connectivity index (χ1v) is 10.1. The number of piperazine rings is 1. The Hall–Kier alpha value is -1.60. The molecule has 7 heteroatoms. The SMILES string of the molecule is CCNC(=NCCc1cccs1)N1CCN(C(=O)C2CCCO2)CC1. The lowest BCUT2D eigenvalue weighted by atomic mass is 10.2. The van der Waals surface area contributed by atoms with E-state index in [0.29, 0.717) is 0 Å². The molecule has 25 heavy (non-hydrogen) atoms. The van der Waals surface area contributed by atoms with E-state index in [1.807, 2.05) is 4.90 Å². The van der Waals surface area contributed by atoms with E-state index in [-0.39, 0.29) is 12.0 Å². The van der Waals surface area contributed by atoms with Crippen LogP contribution in [0.25, 0.3) is 0 Å². The molecule has 0 saturated carbocycles. The Balaban J connectivity index is 1.50. The number of ether oxygens (including phenoxy) is 1. The monoisotopic (exact) mass is 364 g/mol. The van der Waals surface area contributed by atoms with E-state index in [1.54, 1.807) is 11.3 Å². The highest BCUT2D eigenvalue weighted by Crippen LogP contribution is 2.16. The molecule has 6 nitrogen and oxygen atoms in total. The maximum atomic E-state index is 12.4. The number of carbonyl (C=O) groups is 1. The average Bonchev–Trinajstić information content (AvgIpc) is 3.34. The Morgan fingerprint density at radius 3 is 2.80 bits per heavy atom. The first-order chi connectivity index (χ1) is 12.3. The fourth-order valence-electron chi connectivity index (χ4n) is 3.27. The van der Waals surface area contributed by atoms with Crippen molar-refractivity contribution < 1.29 is 9.53 Å². The van der Waals surface area contributed by atoms with Crippen molar-refractivity contribution in [2.75, 3.05) is 45.9 Å². The lowest BCUT2D eigenvalue weighted by Crippen LogP contribution is -2.55. The molecule has 2 fully saturated rings. The van der Waals surface area contributed by atoms with E-state index in [1.165, 1.54) is 4.88 Å². The Bertz CT molecular complexity index is 562. The normalized spacial score (nSPS) is 21.6. The highest BCUT2D eigenvalue weighted by atomic mass is 32.1. The fraction of sp³-hybridized carbons (Fsp3) is 0.667. The number of thiophene rings is 1. The van der Waals surface area contributed by atoms with Crippen molar-refractivity contribution in [1.82, 2.24) is 15.1 Å². The number of aliphatic imine (C=N–C) groups is 1. The lowest BCUT2D eigenvalue weighted by molar-refractivity contribution is -0.142. The van der Waals surface area contributed by atoms with Crippen molar-refractivity contribution in [1.29, 1.82) is 0 Å². The van der Waals surface area contributed by atoms with Crippen LogP contribution in [-0.2, 0) is 16.0 Å². The summed E-state index contributed by atoms with van der Waals surface area (Å²) in [5.41, 5.74) is 0. The summed E-state index contributed by atoms with van der Waals surface area (Å²) in [6, 6.07) is 4.24. The minimum atomic E-state index is -0.209. The molecule has 1 aromatic heterocycles. The summed E-state index contributed by atoms with van der Waals surface area (Å²) in [4.78, 5) is 22.8. The van der Waals surface area contributed by atoms with Gasteiger partial charge < -0.3 is 19.9 Å². The standard InChI is InChI=1S/C18H28N4O2S/c1-2-19-18(20-8-7-15-5-4-14-25-15)22-11-9-21(10-12-22)17(23)16-6-3-13-24-16/h4-5,14,16H,2-3,6-13H2,1H3,(H,19,20). The van der Waals surface area contributed by atoms with Crippen LogP contribution in [0.3, 0.4) is 0 Å². The maximum Gasteiger partial charge on any atom is 0.251 e. The fourth-order valence-corrected chi connectivity index (χ4v) is 3.97. The Labute approximate surface area is 153 Å². The van der Waals surface area contributed by atoms with Crippen LogP contribution in [0.1, 0.15) is 24.6 Å². The van der Waals surface area contributed by atoms with Crippen molar-refractivity contribution in [2.45, 2.75) is 32.3 Å². The van der Waals surface area contributed by atoms with E-state index in [0.717, 1.165) is 71.1 Å². The van der Waals surface area contributed by atoms with E-state index in [2.05, 4.69) is 34.7 Å². The van der Waals surface area contributed by atoms with Gasteiger partial charge in [-0.25, -0.2) is 0 Å². The molecular formula is C18H28N4O2S. The lowest BCUT2D eigenvalue weighted by Gasteiger charge is -2.37. The number of carbonyl (C=O) groups excluding carboxylic acids is 1. The molecule has 0 bridgehead atoms. The Morgan fingerprint density at radius 2 is 2.16 bits per heavy atom. The van der Waals surface area contributed by atoms with Gasteiger partial charge in [0.2, 0.25) is 0 Å².